The van der Waals surface area contributed by atoms with Crippen LogP contribution in [0.15, 0.2) is 75.8 Å². The molecule has 0 bridgehead atoms. The molecular formula is C16H12N2O4S. The Morgan fingerprint density at radius 1 is 0.783 bits per heavy atom. The van der Waals surface area contributed by atoms with Crippen LogP contribution in [0.2, 0.25) is 0 Å². The van der Waals surface area contributed by atoms with E-state index in [1.165, 1.54) is 30.3 Å². The van der Waals surface area contributed by atoms with Gasteiger partial charge in [0.1, 0.15) is 5.75 Å². The van der Waals surface area contributed by atoms with Gasteiger partial charge in [-0.2, -0.15) is 13.5 Å². The van der Waals surface area contributed by atoms with E-state index in [1.807, 2.05) is 18.2 Å². The molecule has 0 saturated heterocycles. The number of nitrogens with zero attached hydrogens (tertiary/aromatic N) is 2. The predicted molar refractivity (Wildman–Crippen MR) is 86.0 cm³/mol. The lowest BCUT2D eigenvalue weighted by Gasteiger charge is -2.03. The van der Waals surface area contributed by atoms with Gasteiger partial charge in [0, 0.05) is 10.8 Å². The van der Waals surface area contributed by atoms with Crippen LogP contribution in [0.25, 0.3) is 10.8 Å². The van der Waals surface area contributed by atoms with E-state index < -0.39 is 10.1 Å². The third-order valence-corrected chi connectivity index (χ3v) is 4.15. The predicted octanol–water partition coefficient (Wildman–Crippen LogP) is 4.21. The van der Waals surface area contributed by atoms with Crippen molar-refractivity contribution in [2.75, 3.05) is 0 Å². The number of phenols is 1. The average Bonchev–Trinajstić information content (AvgIpc) is 2.54. The summed E-state index contributed by atoms with van der Waals surface area (Å²) in [5, 5.41) is 19.4. The number of azo groups is 1. The zero-order valence-electron chi connectivity index (χ0n) is 11.8. The van der Waals surface area contributed by atoms with Crippen LogP contribution in [0, 0.1) is 0 Å². The number of phenolic OH excluding ortho intramolecular Hbond substituents is 1. The molecule has 0 aliphatic heterocycles. The second kappa shape index (κ2) is 5.79. The number of rotatable bonds is 3. The first-order valence-corrected chi connectivity index (χ1v) is 8.09. The quantitative estimate of drug-likeness (QED) is 0.553. The molecule has 0 heterocycles. The molecule has 2 N–H and O–H groups in total. The lowest BCUT2D eigenvalue weighted by Crippen LogP contribution is -1.96. The normalized spacial score (nSPS) is 12.0. The Balaban J connectivity index is 1.96. The van der Waals surface area contributed by atoms with Crippen LogP contribution in [0.4, 0.5) is 11.4 Å². The van der Waals surface area contributed by atoms with E-state index in [1.54, 1.807) is 12.1 Å². The van der Waals surface area contributed by atoms with Gasteiger partial charge in [0.25, 0.3) is 10.1 Å². The summed E-state index contributed by atoms with van der Waals surface area (Å²) in [4.78, 5) is -0.202. The minimum absolute atomic E-state index is 0.164. The second-order valence-electron chi connectivity index (χ2n) is 4.82. The molecule has 0 unspecified atom stereocenters. The van der Waals surface area contributed by atoms with Gasteiger partial charge in [-0.3, -0.25) is 4.55 Å². The summed E-state index contributed by atoms with van der Waals surface area (Å²) < 4.78 is 30.9. The van der Waals surface area contributed by atoms with Crippen LogP contribution < -0.4 is 0 Å². The summed E-state index contributed by atoms with van der Waals surface area (Å²) in [6.45, 7) is 0. The Kier molecular flexibility index (Phi) is 3.81. The Bertz CT molecular complexity index is 996. The molecule has 0 aliphatic carbocycles. The van der Waals surface area contributed by atoms with Gasteiger partial charge in [-0.1, -0.05) is 24.3 Å². The van der Waals surface area contributed by atoms with Crippen molar-refractivity contribution in [3.05, 3.63) is 60.7 Å². The highest BCUT2D eigenvalue weighted by atomic mass is 32.2. The van der Waals surface area contributed by atoms with Crippen molar-refractivity contribution in [1.82, 2.24) is 0 Å². The summed E-state index contributed by atoms with van der Waals surface area (Å²) in [5.41, 5.74) is 1.02. The monoisotopic (exact) mass is 334 g/mol. The molecule has 7 heteroatoms. The molecule has 3 aromatic rings. The van der Waals surface area contributed by atoms with Gasteiger partial charge in [0.2, 0.25) is 0 Å². The van der Waals surface area contributed by atoms with Crippen molar-refractivity contribution in [3.8, 4) is 5.75 Å². The van der Waals surface area contributed by atoms with E-state index in [0.717, 1.165) is 5.39 Å². The largest absolute Gasteiger partial charge is 0.507 e. The third kappa shape index (κ3) is 3.20. The maximum atomic E-state index is 11.0. The van der Waals surface area contributed by atoms with Crippen LogP contribution in [0.5, 0.6) is 5.75 Å². The fourth-order valence-corrected chi connectivity index (χ4v) is 2.63. The standard InChI is InChI=1S/C16H12N2O4S/c19-16-10-9-15(13-3-1-2-4-14(13)16)18-17-11-5-7-12(8-6-11)23(20,21)22/h1-10,19H,(H,20,21,22)/i5+1,6+1,7+1,8+1,11+1,12+1. The molecule has 116 valence electrons. The highest BCUT2D eigenvalue weighted by Crippen LogP contribution is 2.33. The van der Waals surface area contributed by atoms with Gasteiger partial charge in [-0.05, 0) is 36.4 Å². The first-order valence-electron chi connectivity index (χ1n) is 6.65. The van der Waals surface area contributed by atoms with E-state index >= 15 is 0 Å². The lowest BCUT2D eigenvalue weighted by atomic mass is 10.1. The number of aromatic hydroxyl groups is 1. The van der Waals surface area contributed by atoms with Crippen molar-refractivity contribution in [1.29, 1.82) is 0 Å². The lowest BCUT2D eigenvalue weighted by molar-refractivity contribution is 0.481. The highest BCUT2D eigenvalue weighted by molar-refractivity contribution is 7.85. The van der Waals surface area contributed by atoms with Gasteiger partial charge in [0.05, 0.1) is 16.3 Å². The smallest absolute Gasteiger partial charge is 0.294 e. The van der Waals surface area contributed by atoms with Crippen molar-refractivity contribution in [2.24, 2.45) is 10.2 Å². The van der Waals surface area contributed by atoms with Crippen molar-refractivity contribution in [3.63, 3.8) is 0 Å². The molecule has 0 spiro atoms. The minimum atomic E-state index is -4.22. The van der Waals surface area contributed by atoms with Crippen LogP contribution in [0.3, 0.4) is 0 Å². The molecule has 0 saturated carbocycles. The van der Waals surface area contributed by atoms with Crippen molar-refractivity contribution in [2.45, 2.75) is 4.90 Å². The molecule has 0 atom stereocenters. The number of fused-ring (bicyclic) bond motifs is 1. The maximum Gasteiger partial charge on any atom is 0.294 e. The van der Waals surface area contributed by atoms with Gasteiger partial charge >= 0.3 is 0 Å². The maximum absolute atomic E-state index is 11.0. The summed E-state index contributed by atoms with van der Waals surface area (Å²) in [5.74, 6) is 0.164. The summed E-state index contributed by atoms with van der Waals surface area (Å²) in [6.07, 6.45) is 0. The minimum Gasteiger partial charge on any atom is -0.507 e. The molecule has 0 radical (unpaired) electrons. The number of hydrogen-bond acceptors (Lipinski definition) is 5. The fourth-order valence-electron chi connectivity index (χ4n) is 2.15. The van der Waals surface area contributed by atoms with Gasteiger partial charge in [-0.25, -0.2) is 0 Å². The fraction of sp³-hybridized carbons (Fsp3) is 0. The van der Waals surface area contributed by atoms with Crippen LogP contribution in [-0.2, 0) is 10.1 Å². The van der Waals surface area contributed by atoms with E-state index in [-0.39, 0.29) is 10.6 Å². The molecule has 23 heavy (non-hydrogen) atoms. The Morgan fingerprint density at radius 3 is 2.09 bits per heavy atom. The molecule has 6 nitrogen and oxygen atoms in total. The van der Waals surface area contributed by atoms with E-state index in [2.05, 4.69) is 10.2 Å². The Hall–Kier alpha value is -2.77. The second-order valence-corrected chi connectivity index (χ2v) is 6.24. The zero-order valence-corrected chi connectivity index (χ0v) is 12.6. The molecule has 0 fully saturated rings. The van der Waals surface area contributed by atoms with Gasteiger partial charge in [0.15, 0.2) is 0 Å². The molecule has 0 aliphatic rings. The van der Waals surface area contributed by atoms with Crippen LogP contribution >= 0.6 is 0 Å². The topological polar surface area (TPSA) is 99.3 Å². The molecule has 3 aromatic carbocycles. The molecular weight excluding hydrogens is 322 g/mol. The molecule has 3 rings (SSSR count). The van der Waals surface area contributed by atoms with Crippen LogP contribution in [-0.4, -0.2) is 18.1 Å². The third-order valence-electron chi connectivity index (χ3n) is 3.29. The first kappa shape index (κ1) is 15.1. The Labute approximate surface area is 132 Å². The summed E-state index contributed by atoms with van der Waals surface area (Å²) in [6, 6.07) is 15.8. The van der Waals surface area contributed by atoms with Crippen molar-refractivity contribution < 1.29 is 18.1 Å². The summed E-state index contributed by atoms with van der Waals surface area (Å²) >= 11 is 0. The number of hydrogen-bond donors (Lipinski definition) is 2. The average molecular weight is 334 g/mol. The van der Waals surface area contributed by atoms with Gasteiger partial charge in [-0.15, -0.1) is 5.11 Å². The highest BCUT2D eigenvalue weighted by Gasteiger charge is 2.08. The summed E-state index contributed by atoms with van der Waals surface area (Å²) in [7, 11) is -4.22. The first-order chi connectivity index (χ1) is 10.9. The SMILES string of the molecule is O=S(=O)(O)[13c]1[13cH][13cH][13c](N=Nc2ccc(O)c3ccccc23)[13cH][13cH]1. The van der Waals surface area contributed by atoms with Crippen LogP contribution in [0.1, 0.15) is 0 Å². The van der Waals surface area contributed by atoms with Crippen molar-refractivity contribution >= 4 is 32.3 Å². The number of benzene rings is 3. The molecule has 0 aromatic heterocycles. The van der Waals surface area contributed by atoms with E-state index in [0.29, 0.717) is 16.8 Å². The van der Waals surface area contributed by atoms with E-state index in [9.17, 15) is 13.5 Å². The van der Waals surface area contributed by atoms with E-state index in [4.69, 9.17) is 4.55 Å². The molecule has 0 amide bonds. The zero-order chi connectivity index (χ0) is 16.4. The van der Waals surface area contributed by atoms with Gasteiger partial charge < -0.3 is 5.11 Å². The Morgan fingerprint density at radius 2 is 1.43 bits per heavy atom.